The smallest absolute Gasteiger partial charge is 0.0949 e. The number of piperidine rings is 1. The molecule has 2 fully saturated rings. The molecule has 3 heterocycles. The maximum absolute atomic E-state index is 4.37. The zero-order chi connectivity index (χ0) is 13.1. The highest BCUT2D eigenvalue weighted by Crippen LogP contribution is 2.23. The van der Waals surface area contributed by atoms with Crippen LogP contribution in [0.15, 0.2) is 12.5 Å². The van der Waals surface area contributed by atoms with E-state index in [1.807, 2.05) is 12.5 Å². The molecule has 106 valence electrons. The third kappa shape index (κ3) is 3.00. The molecule has 2 aliphatic heterocycles. The van der Waals surface area contributed by atoms with Crippen molar-refractivity contribution in [2.45, 2.75) is 57.7 Å². The molecular weight excluding hydrogens is 236 g/mol. The van der Waals surface area contributed by atoms with Gasteiger partial charge in [-0.1, -0.05) is 6.42 Å². The first-order valence-electron chi connectivity index (χ1n) is 7.82. The van der Waals surface area contributed by atoms with Crippen LogP contribution in [0.4, 0.5) is 0 Å². The number of aromatic nitrogens is 2. The lowest BCUT2D eigenvalue weighted by Gasteiger charge is -2.33. The monoisotopic (exact) mass is 262 g/mol. The molecule has 1 unspecified atom stereocenters. The van der Waals surface area contributed by atoms with E-state index in [1.54, 1.807) is 0 Å². The average Bonchev–Trinajstić information content (AvgIpc) is 3.10. The quantitative estimate of drug-likeness (QED) is 0.903. The lowest BCUT2D eigenvalue weighted by atomic mass is 10.1. The highest BCUT2D eigenvalue weighted by atomic mass is 15.2. The van der Waals surface area contributed by atoms with Crippen LogP contribution in [0.5, 0.6) is 0 Å². The van der Waals surface area contributed by atoms with Crippen LogP contribution < -0.4 is 5.32 Å². The second-order valence-corrected chi connectivity index (χ2v) is 6.07. The third-order valence-corrected chi connectivity index (χ3v) is 4.64. The van der Waals surface area contributed by atoms with E-state index in [-0.39, 0.29) is 0 Å². The summed E-state index contributed by atoms with van der Waals surface area (Å²) in [7, 11) is 0. The summed E-state index contributed by atoms with van der Waals surface area (Å²) in [6, 6.07) is 1.14. The van der Waals surface area contributed by atoms with Gasteiger partial charge in [-0.25, -0.2) is 4.98 Å². The van der Waals surface area contributed by atoms with Gasteiger partial charge in [0.25, 0.3) is 0 Å². The van der Waals surface area contributed by atoms with Crippen LogP contribution in [0, 0.1) is 0 Å². The van der Waals surface area contributed by atoms with Crippen LogP contribution in [0.25, 0.3) is 0 Å². The van der Waals surface area contributed by atoms with E-state index in [0.717, 1.165) is 13.1 Å². The summed E-state index contributed by atoms with van der Waals surface area (Å²) in [6.45, 7) is 7.13. The molecule has 0 saturated carbocycles. The topological polar surface area (TPSA) is 33.1 Å². The van der Waals surface area contributed by atoms with Crippen molar-refractivity contribution in [2.24, 2.45) is 0 Å². The normalized spacial score (nSPS) is 26.7. The van der Waals surface area contributed by atoms with Crippen molar-refractivity contribution >= 4 is 0 Å². The van der Waals surface area contributed by atoms with E-state index >= 15 is 0 Å². The zero-order valence-corrected chi connectivity index (χ0v) is 12.0. The first kappa shape index (κ1) is 13.1. The minimum atomic E-state index is 0.524. The molecule has 4 heteroatoms. The van der Waals surface area contributed by atoms with Crippen molar-refractivity contribution in [3.63, 3.8) is 0 Å². The molecule has 2 saturated heterocycles. The Morgan fingerprint density at radius 3 is 2.89 bits per heavy atom. The third-order valence-electron chi connectivity index (χ3n) is 4.64. The standard InChI is InChI=1S/C15H26N4/c1-13(18-8-3-2-4-9-18)11-19-12-16-10-15(19)14-6-5-7-17-14/h10,12-14,17H,2-9,11H2,1H3/t13?,14-/m0/s1. The molecule has 3 rings (SSSR count). The molecule has 0 radical (unpaired) electrons. The molecule has 0 spiro atoms. The molecule has 0 aliphatic carbocycles. The van der Waals surface area contributed by atoms with Crippen molar-refractivity contribution in [1.82, 2.24) is 19.8 Å². The Morgan fingerprint density at radius 1 is 1.32 bits per heavy atom. The Hall–Kier alpha value is -0.870. The van der Waals surface area contributed by atoms with E-state index in [4.69, 9.17) is 0 Å². The lowest BCUT2D eigenvalue weighted by molar-refractivity contribution is 0.158. The SMILES string of the molecule is CC(Cn1cncc1[C@@H]1CCCN1)N1CCCCC1. The molecule has 19 heavy (non-hydrogen) atoms. The van der Waals surface area contributed by atoms with Gasteiger partial charge in [0.1, 0.15) is 0 Å². The molecule has 0 aromatic carbocycles. The van der Waals surface area contributed by atoms with E-state index in [0.29, 0.717) is 12.1 Å². The minimum absolute atomic E-state index is 0.524. The number of nitrogens with one attached hydrogen (secondary N) is 1. The Kier molecular flexibility index (Phi) is 4.18. The second-order valence-electron chi connectivity index (χ2n) is 6.07. The Labute approximate surface area is 116 Å². The molecule has 0 amide bonds. The Morgan fingerprint density at radius 2 is 2.16 bits per heavy atom. The number of nitrogens with zero attached hydrogens (tertiary/aromatic N) is 3. The zero-order valence-electron chi connectivity index (χ0n) is 12.0. The lowest BCUT2D eigenvalue weighted by Crippen LogP contribution is -2.40. The summed E-state index contributed by atoms with van der Waals surface area (Å²) in [5.74, 6) is 0. The largest absolute Gasteiger partial charge is 0.332 e. The summed E-state index contributed by atoms with van der Waals surface area (Å²) in [5.41, 5.74) is 1.38. The van der Waals surface area contributed by atoms with Gasteiger partial charge in [-0.05, 0) is 52.2 Å². The first-order valence-corrected chi connectivity index (χ1v) is 7.82. The average molecular weight is 262 g/mol. The second kappa shape index (κ2) is 6.06. The molecule has 4 nitrogen and oxygen atoms in total. The summed E-state index contributed by atoms with van der Waals surface area (Å²) in [6.07, 6.45) is 10.7. The predicted molar refractivity (Wildman–Crippen MR) is 77.1 cm³/mol. The van der Waals surface area contributed by atoms with E-state index in [1.165, 1.54) is 50.9 Å². The molecular formula is C15H26N4. The van der Waals surface area contributed by atoms with Gasteiger partial charge < -0.3 is 9.88 Å². The number of imidazole rings is 1. The van der Waals surface area contributed by atoms with Gasteiger partial charge in [0.15, 0.2) is 0 Å². The molecule has 1 N–H and O–H groups in total. The number of likely N-dealkylation sites (tertiary alicyclic amines) is 1. The van der Waals surface area contributed by atoms with E-state index in [9.17, 15) is 0 Å². The first-order chi connectivity index (χ1) is 9.34. The highest BCUT2D eigenvalue weighted by molar-refractivity contribution is 5.07. The highest BCUT2D eigenvalue weighted by Gasteiger charge is 2.22. The van der Waals surface area contributed by atoms with Crippen LogP contribution in [-0.2, 0) is 6.54 Å². The van der Waals surface area contributed by atoms with Crippen molar-refractivity contribution < 1.29 is 0 Å². The van der Waals surface area contributed by atoms with Crippen molar-refractivity contribution in [1.29, 1.82) is 0 Å². The number of rotatable bonds is 4. The predicted octanol–water partition coefficient (Wildman–Crippen LogP) is 2.18. The summed E-state index contributed by atoms with van der Waals surface area (Å²) in [5, 5.41) is 3.58. The molecule has 1 aromatic heterocycles. The van der Waals surface area contributed by atoms with Crippen molar-refractivity contribution in [3.05, 3.63) is 18.2 Å². The van der Waals surface area contributed by atoms with Gasteiger partial charge in [0.2, 0.25) is 0 Å². The van der Waals surface area contributed by atoms with Crippen LogP contribution in [0.3, 0.4) is 0 Å². The number of hydrogen-bond acceptors (Lipinski definition) is 3. The van der Waals surface area contributed by atoms with Crippen LogP contribution in [0.2, 0.25) is 0 Å². The fraction of sp³-hybridized carbons (Fsp3) is 0.800. The maximum Gasteiger partial charge on any atom is 0.0949 e. The van der Waals surface area contributed by atoms with Crippen LogP contribution in [-0.4, -0.2) is 40.1 Å². The van der Waals surface area contributed by atoms with Gasteiger partial charge in [-0.2, -0.15) is 0 Å². The molecule has 2 atom stereocenters. The minimum Gasteiger partial charge on any atom is -0.332 e. The molecule has 0 bridgehead atoms. The van der Waals surface area contributed by atoms with Crippen molar-refractivity contribution in [3.8, 4) is 0 Å². The van der Waals surface area contributed by atoms with E-state index in [2.05, 4.69) is 26.7 Å². The van der Waals surface area contributed by atoms with Gasteiger partial charge in [-0.15, -0.1) is 0 Å². The fourth-order valence-corrected chi connectivity index (χ4v) is 3.47. The van der Waals surface area contributed by atoms with Crippen LogP contribution in [0.1, 0.15) is 50.8 Å². The Bertz CT molecular complexity index is 389. The van der Waals surface area contributed by atoms with Gasteiger partial charge in [-0.3, -0.25) is 4.90 Å². The molecule has 2 aliphatic rings. The van der Waals surface area contributed by atoms with Gasteiger partial charge in [0.05, 0.1) is 12.0 Å². The maximum atomic E-state index is 4.37. The van der Waals surface area contributed by atoms with Gasteiger partial charge >= 0.3 is 0 Å². The van der Waals surface area contributed by atoms with Crippen molar-refractivity contribution in [2.75, 3.05) is 19.6 Å². The summed E-state index contributed by atoms with van der Waals surface area (Å²) in [4.78, 5) is 7.00. The van der Waals surface area contributed by atoms with Gasteiger partial charge in [0, 0.05) is 24.8 Å². The molecule has 1 aromatic rings. The fourth-order valence-electron chi connectivity index (χ4n) is 3.47. The van der Waals surface area contributed by atoms with E-state index < -0.39 is 0 Å². The van der Waals surface area contributed by atoms with Crippen LogP contribution >= 0.6 is 0 Å². The summed E-state index contributed by atoms with van der Waals surface area (Å²) < 4.78 is 2.36. The number of hydrogen-bond donors (Lipinski definition) is 1. The Balaban J connectivity index is 1.63. The summed E-state index contributed by atoms with van der Waals surface area (Å²) >= 11 is 0.